The third-order valence-electron chi connectivity index (χ3n) is 4.56. The fourth-order valence-corrected chi connectivity index (χ4v) is 3.23. The lowest BCUT2D eigenvalue weighted by molar-refractivity contribution is 0.328. The molecule has 3 rings (SSSR count). The van der Waals surface area contributed by atoms with Crippen molar-refractivity contribution in [2.24, 2.45) is 5.73 Å². The second kappa shape index (κ2) is 9.11. The molecule has 0 fully saturated rings. The maximum Gasteiger partial charge on any atom is 0.119 e. The highest BCUT2D eigenvalue weighted by Crippen LogP contribution is 2.36. The number of phenolic OH excluding ortho intramolecular Hbond substituents is 2. The Morgan fingerprint density at radius 1 is 0.750 bits per heavy atom. The summed E-state index contributed by atoms with van der Waals surface area (Å²) in [7, 11) is 0. The van der Waals surface area contributed by atoms with Crippen molar-refractivity contribution in [3.05, 3.63) is 89.5 Å². The van der Waals surface area contributed by atoms with Crippen molar-refractivity contribution >= 4 is 11.1 Å². The molecule has 0 aliphatic heterocycles. The molecule has 28 heavy (non-hydrogen) atoms. The highest BCUT2D eigenvalue weighted by molar-refractivity contribution is 5.98. The van der Waals surface area contributed by atoms with Crippen LogP contribution in [0.3, 0.4) is 0 Å². The molecule has 4 nitrogen and oxygen atoms in total. The number of hydrogen-bond acceptors (Lipinski definition) is 4. The van der Waals surface area contributed by atoms with Crippen LogP contribution in [0.25, 0.3) is 11.1 Å². The number of hydrogen-bond donors (Lipinski definition) is 3. The first-order valence-electron chi connectivity index (χ1n) is 9.37. The minimum Gasteiger partial charge on any atom is -0.508 e. The molecule has 3 aromatic rings. The first-order chi connectivity index (χ1) is 13.6. The molecule has 0 saturated carbocycles. The van der Waals surface area contributed by atoms with Gasteiger partial charge in [0, 0.05) is 6.54 Å². The molecule has 0 bridgehead atoms. The van der Waals surface area contributed by atoms with Crippen molar-refractivity contribution < 1.29 is 14.9 Å². The molecule has 0 heterocycles. The Bertz CT molecular complexity index is 927. The maximum atomic E-state index is 9.70. The zero-order valence-corrected chi connectivity index (χ0v) is 15.9. The molecule has 3 aromatic carbocycles. The molecule has 0 saturated heterocycles. The van der Waals surface area contributed by atoms with E-state index in [9.17, 15) is 10.2 Å². The largest absolute Gasteiger partial charge is 0.508 e. The molecule has 0 aliphatic rings. The van der Waals surface area contributed by atoms with Crippen molar-refractivity contribution in [2.45, 2.75) is 13.3 Å². The normalized spacial score (nSPS) is 11.8. The number of allylic oxidation sites excluding steroid dienone is 1. The van der Waals surface area contributed by atoms with E-state index in [0.29, 0.717) is 13.2 Å². The summed E-state index contributed by atoms with van der Waals surface area (Å²) in [4.78, 5) is 0. The van der Waals surface area contributed by atoms with Gasteiger partial charge in [-0.25, -0.2) is 0 Å². The van der Waals surface area contributed by atoms with Gasteiger partial charge in [0.05, 0.1) is 0 Å². The summed E-state index contributed by atoms with van der Waals surface area (Å²) in [5, 5.41) is 19.3. The topological polar surface area (TPSA) is 75.7 Å². The molecule has 4 heteroatoms. The first kappa shape index (κ1) is 19.5. The highest BCUT2D eigenvalue weighted by atomic mass is 16.5. The highest BCUT2D eigenvalue weighted by Gasteiger charge is 2.13. The molecule has 0 aromatic heterocycles. The van der Waals surface area contributed by atoms with Gasteiger partial charge in [0.2, 0.25) is 0 Å². The van der Waals surface area contributed by atoms with Gasteiger partial charge >= 0.3 is 0 Å². The first-order valence-corrected chi connectivity index (χ1v) is 9.37. The molecule has 0 radical (unpaired) electrons. The van der Waals surface area contributed by atoms with Crippen LogP contribution in [0.5, 0.6) is 17.2 Å². The monoisotopic (exact) mass is 375 g/mol. The summed E-state index contributed by atoms with van der Waals surface area (Å²) in [5.41, 5.74) is 10.9. The van der Waals surface area contributed by atoms with Crippen molar-refractivity contribution in [3.8, 4) is 17.2 Å². The van der Waals surface area contributed by atoms with Crippen LogP contribution >= 0.6 is 0 Å². The van der Waals surface area contributed by atoms with Gasteiger partial charge in [0.25, 0.3) is 0 Å². The van der Waals surface area contributed by atoms with Crippen LogP contribution in [0.15, 0.2) is 72.8 Å². The van der Waals surface area contributed by atoms with E-state index >= 15 is 0 Å². The predicted molar refractivity (Wildman–Crippen MR) is 113 cm³/mol. The van der Waals surface area contributed by atoms with Crippen molar-refractivity contribution in [2.75, 3.05) is 13.2 Å². The quantitative estimate of drug-likeness (QED) is 0.518. The van der Waals surface area contributed by atoms with E-state index in [4.69, 9.17) is 10.5 Å². The Labute approximate surface area is 165 Å². The van der Waals surface area contributed by atoms with E-state index in [1.165, 1.54) is 0 Å². The zero-order chi connectivity index (χ0) is 19.9. The number of aromatic hydroxyl groups is 2. The molecule has 0 spiro atoms. The molecule has 144 valence electrons. The lowest BCUT2D eigenvalue weighted by atomic mass is 9.88. The van der Waals surface area contributed by atoms with Crippen LogP contribution in [0.1, 0.15) is 30.0 Å². The Morgan fingerprint density at radius 3 is 1.68 bits per heavy atom. The average Bonchev–Trinajstić information content (AvgIpc) is 2.73. The average molecular weight is 375 g/mol. The molecule has 0 aliphatic carbocycles. The summed E-state index contributed by atoms with van der Waals surface area (Å²) < 4.78 is 5.59. The van der Waals surface area contributed by atoms with E-state index in [2.05, 4.69) is 6.92 Å². The van der Waals surface area contributed by atoms with Gasteiger partial charge in [0.1, 0.15) is 23.9 Å². The second-order valence-corrected chi connectivity index (χ2v) is 6.46. The van der Waals surface area contributed by atoms with Crippen LogP contribution in [0.2, 0.25) is 0 Å². The fourth-order valence-electron chi connectivity index (χ4n) is 3.23. The fraction of sp³-hybridized carbons (Fsp3) is 0.167. The minimum atomic E-state index is 0.233. The van der Waals surface area contributed by atoms with Crippen LogP contribution in [0.4, 0.5) is 0 Å². The lowest BCUT2D eigenvalue weighted by Crippen LogP contribution is -2.10. The van der Waals surface area contributed by atoms with E-state index < -0.39 is 0 Å². The van der Waals surface area contributed by atoms with Gasteiger partial charge in [-0.15, -0.1) is 0 Å². The van der Waals surface area contributed by atoms with E-state index in [-0.39, 0.29) is 11.5 Å². The van der Waals surface area contributed by atoms with E-state index in [1.807, 2.05) is 48.5 Å². The van der Waals surface area contributed by atoms with Crippen LogP contribution in [0, 0.1) is 0 Å². The third kappa shape index (κ3) is 4.53. The summed E-state index contributed by atoms with van der Waals surface area (Å²) in [6.07, 6.45) is 0.812. The van der Waals surface area contributed by atoms with Crippen molar-refractivity contribution in [3.63, 3.8) is 0 Å². The molecule has 0 unspecified atom stereocenters. The third-order valence-corrected chi connectivity index (χ3v) is 4.56. The Morgan fingerprint density at radius 2 is 1.21 bits per heavy atom. The van der Waals surface area contributed by atoms with E-state index in [1.54, 1.807) is 24.3 Å². The standard InChI is InChI=1S/C24H25NO3/c1-2-23(17-3-9-20(26)10-4-17)24(18-5-11-21(27)12-6-18)19-7-13-22(14-8-19)28-16-15-25/h3-14,26-27H,2,15-16,25H2,1H3. The Kier molecular flexibility index (Phi) is 6.35. The van der Waals surface area contributed by atoms with Crippen molar-refractivity contribution in [1.29, 1.82) is 0 Å². The van der Waals surface area contributed by atoms with Crippen molar-refractivity contribution in [1.82, 2.24) is 0 Å². The van der Waals surface area contributed by atoms with Crippen LogP contribution in [-0.4, -0.2) is 23.4 Å². The molecule has 0 atom stereocenters. The Balaban J connectivity index is 2.13. The smallest absolute Gasteiger partial charge is 0.119 e. The summed E-state index contributed by atoms with van der Waals surface area (Å²) in [5.74, 6) is 1.25. The zero-order valence-electron chi connectivity index (χ0n) is 15.9. The predicted octanol–water partition coefficient (Wildman–Crippen LogP) is 4.80. The van der Waals surface area contributed by atoms with Crippen LogP contribution < -0.4 is 10.5 Å². The van der Waals surface area contributed by atoms with Gasteiger partial charge in [-0.1, -0.05) is 43.3 Å². The lowest BCUT2D eigenvalue weighted by Gasteiger charge is -2.17. The number of phenols is 2. The van der Waals surface area contributed by atoms with Gasteiger partial charge in [-0.3, -0.25) is 0 Å². The van der Waals surface area contributed by atoms with Gasteiger partial charge in [-0.05, 0) is 70.7 Å². The Hall–Kier alpha value is -3.24. The van der Waals surface area contributed by atoms with Gasteiger partial charge in [-0.2, -0.15) is 0 Å². The molecular weight excluding hydrogens is 350 g/mol. The number of rotatable bonds is 7. The summed E-state index contributed by atoms with van der Waals surface area (Å²) >= 11 is 0. The number of nitrogens with two attached hydrogens (primary N) is 1. The molecule has 0 amide bonds. The van der Waals surface area contributed by atoms with Gasteiger partial charge < -0.3 is 20.7 Å². The molecular formula is C24H25NO3. The summed E-state index contributed by atoms with van der Waals surface area (Å²) in [6, 6.07) is 22.4. The van der Waals surface area contributed by atoms with E-state index in [0.717, 1.165) is 40.0 Å². The van der Waals surface area contributed by atoms with Crippen LogP contribution in [-0.2, 0) is 0 Å². The molecule has 4 N–H and O–H groups in total. The minimum absolute atomic E-state index is 0.233. The summed E-state index contributed by atoms with van der Waals surface area (Å²) in [6.45, 7) is 3.07. The second-order valence-electron chi connectivity index (χ2n) is 6.46. The van der Waals surface area contributed by atoms with Gasteiger partial charge in [0.15, 0.2) is 0 Å². The maximum absolute atomic E-state index is 9.70. The number of benzene rings is 3. The number of ether oxygens (including phenoxy) is 1. The SMILES string of the molecule is CCC(=C(c1ccc(O)cc1)c1ccc(OCCN)cc1)c1ccc(O)cc1.